The Bertz CT molecular complexity index is 393. The average molecular weight is 278 g/mol. The second kappa shape index (κ2) is 6.83. The van der Waals surface area contributed by atoms with Gasteiger partial charge in [0, 0.05) is 31.2 Å². The number of hydrogen-bond donors (Lipinski definition) is 1. The molecule has 0 aliphatic carbocycles. The van der Waals surface area contributed by atoms with Gasteiger partial charge in [0.1, 0.15) is 0 Å². The highest BCUT2D eigenvalue weighted by molar-refractivity contribution is 5.29. The van der Waals surface area contributed by atoms with Crippen molar-refractivity contribution >= 4 is 0 Å². The molecule has 1 atom stereocenters. The van der Waals surface area contributed by atoms with Crippen LogP contribution in [0.3, 0.4) is 0 Å². The summed E-state index contributed by atoms with van der Waals surface area (Å²) in [5.41, 5.74) is 4.86. The first-order valence-electron chi connectivity index (χ1n) is 5.91. The van der Waals surface area contributed by atoms with Gasteiger partial charge in [0.25, 0.3) is 0 Å². The van der Waals surface area contributed by atoms with Gasteiger partial charge < -0.3 is 15.2 Å². The minimum absolute atomic E-state index is 0.137. The van der Waals surface area contributed by atoms with Crippen molar-refractivity contribution in [1.29, 1.82) is 0 Å². The zero-order valence-corrected chi connectivity index (χ0v) is 10.8. The van der Waals surface area contributed by atoms with Crippen LogP contribution in [0.2, 0.25) is 0 Å². The molecule has 19 heavy (non-hydrogen) atoms. The van der Waals surface area contributed by atoms with Crippen molar-refractivity contribution in [1.82, 2.24) is 4.98 Å². The van der Waals surface area contributed by atoms with Crippen LogP contribution in [0.5, 0.6) is 0 Å². The molecule has 0 saturated carbocycles. The molecule has 1 unspecified atom stereocenters. The Morgan fingerprint density at radius 1 is 1.26 bits per heavy atom. The molecule has 0 bridgehead atoms. The summed E-state index contributed by atoms with van der Waals surface area (Å²) in [6.07, 6.45) is -3.24. The molecule has 0 fully saturated rings. The van der Waals surface area contributed by atoms with E-state index in [0.29, 0.717) is 13.2 Å². The smallest absolute Gasteiger partial charge is 0.351 e. The molecular weight excluding hydrogens is 261 g/mol. The predicted octanol–water partition coefficient (Wildman–Crippen LogP) is 2.50. The van der Waals surface area contributed by atoms with Gasteiger partial charge in [0.2, 0.25) is 0 Å². The van der Waals surface area contributed by atoms with Crippen molar-refractivity contribution in [3.63, 3.8) is 0 Å². The van der Waals surface area contributed by atoms with Crippen LogP contribution in [0.1, 0.15) is 31.0 Å². The first kappa shape index (κ1) is 15.9. The number of nitrogens with zero attached hydrogens (tertiary/aromatic N) is 1. The standard InChI is InChI=1S/C12H17F3N2O2/c1-3-18-11(19-4-2)10(16)8-7-17-6-5-9(8)12(13,14)15/h5-7,10-11H,3-4,16H2,1-2H3. The zero-order chi connectivity index (χ0) is 14.5. The highest BCUT2D eigenvalue weighted by Crippen LogP contribution is 2.34. The summed E-state index contributed by atoms with van der Waals surface area (Å²) in [7, 11) is 0. The van der Waals surface area contributed by atoms with Crippen LogP contribution < -0.4 is 5.73 Å². The molecule has 2 N–H and O–H groups in total. The van der Waals surface area contributed by atoms with E-state index in [9.17, 15) is 13.2 Å². The number of rotatable bonds is 6. The van der Waals surface area contributed by atoms with Crippen molar-refractivity contribution in [2.24, 2.45) is 5.73 Å². The van der Waals surface area contributed by atoms with Gasteiger partial charge in [-0.1, -0.05) is 0 Å². The van der Waals surface area contributed by atoms with E-state index in [0.717, 1.165) is 18.5 Å². The van der Waals surface area contributed by atoms with E-state index in [-0.39, 0.29) is 5.56 Å². The molecule has 1 aromatic rings. The van der Waals surface area contributed by atoms with E-state index >= 15 is 0 Å². The van der Waals surface area contributed by atoms with Crippen molar-refractivity contribution in [3.05, 3.63) is 29.6 Å². The molecule has 0 aromatic carbocycles. The summed E-state index contributed by atoms with van der Waals surface area (Å²) in [5.74, 6) is 0. The molecule has 4 nitrogen and oxygen atoms in total. The lowest BCUT2D eigenvalue weighted by Gasteiger charge is -2.25. The molecule has 0 spiro atoms. The first-order valence-corrected chi connectivity index (χ1v) is 5.91. The fraction of sp³-hybridized carbons (Fsp3) is 0.583. The number of alkyl halides is 3. The van der Waals surface area contributed by atoms with Crippen LogP contribution in [-0.4, -0.2) is 24.5 Å². The zero-order valence-electron chi connectivity index (χ0n) is 10.8. The third-order valence-electron chi connectivity index (χ3n) is 2.47. The molecule has 108 valence electrons. The highest BCUT2D eigenvalue weighted by atomic mass is 19.4. The maximum Gasteiger partial charge on any atom is 0.416 e. The van der Waals surface area contributed by atoms with Gasteiger partial charge in [-0.15, -0.1) is 0 Å². The van der Waals surface area contributed by atoms with E-state index in [1.807, 2.05) is 0 Å². The number of halogens is 3. The summed E-state index contributed by atoms with van der Waals surface area (Å²) in [6, 6.07) is -0.158. The average Bonchev–Trinajstić information content (AvgIpc) is 2.37. The third kappa shape index (κ3) is 4.15. The van der Waals surface area contributed by atoms with Crippen molar-refractivity contribution in [2.45, 2.75) is 32.4 Å². The largest absolute Gasteiger partial charge is 0.416 e. The number of ether oxygens (including phenoxy) is 2. The molecule has 1 rings (SSSR count). The predicted molar refractivity (Wildman–Crippen MR) is 63.2 cm³/mol. The Morgan fingerprint density at radius 3 is 2.32 bits per heavy atom. The molecule has 1 aromatic heterocycles. The molecule has 0 aliphatic rings. The SMILES string of the molecule is CCOC(OCC)C(N)c1cnccc1C(F)(F)F. The normalized spacial score (nSPS) is 13.8. The number of hydrogen-bond acceptors (Lipinski definition) is 4. The topological polar surface area (TPSA) is 57.4 Å². The van der Waals surface area contributed by atoms with Crippen LogP contribution in [0.15, 0.2) is 18.5 Å². The van der Waals surface area contributed by atoms with E-state index in [1.54, 1.807) is 13.8 Å². The van der Waals surface area contributed by atoms with Gasteiger partial charge in [-0.3, -0.25) is 4.98 Å². The minimum Gasteiger partial charge on any atom is -0.351 e. The Morgan fingerprint density at radius 2 is 1.84 bits per heavy atom. The fourth-order valence-corrected chi connectivity index (χ4v) is 1.66. The Balaban J connectivity index is 3.06. The van der Waals surface area contributed by atoms with Crippen LogP contribution in [0.4, 0.5) is 13.2 Å². The van der Waals surface area contributed by atoms with E-state index in [4.69, 9.17) is 15.2 Å². The summed E-state index contributed by atoms with van der Waals surface area (Å²) >= 11 is 0. The van der Waals surface area contributed by atoms with Crippen LogP contribution in [0, 0.1) is 0 Å². The lowest BCUT2D eigenvalue weighted by Crippen LogP contribution is -2.33. The second-order valence-corrected chi connectivity index (χ2v) is 3.77. The molecule has 0 amide bonds. The van der Waals surface area contributed by atoms with Crippen LogP contribution >= 0.6 is 0 Å². The van der Waals surface area contributed by atoms with E-state index < -0.39 is 24.1 Å². The maximum absolute atomic E-state index is 12.9. The molecule has 0 radical (unpaired) electrons. The number of pyridine rings is 1. The second-order valence-electron chi connectivity index (χ2n) is 3.77. The van der Waals surface area contributed by atoms with E-state index in [2.05, 4.69) is 4.98 Å². The first-order chi connectivity index (χ1) is 8.91. The summed E-state index contributed by atoms with van der Waals surface area (Å²) in [4.78, 5) is 3.69. The highest BCUT2D eigenvalue weighted by Gasteiger charge is 2.36. The third-order valence-corrected chi connectivity index (χ3v) is 2.47. The Kier molecular flexibility index (Phi) is 5.71. The summed E-state index contributed by atoms with van der Waals surface area (Å²) in [6.45, 7) is 4.01. The number of nitrogens with two attached hydrogens (primary N) is 1. The quantitative estimate of drug-likeness (QED) is 0.812. The van der Waals surface area contributed by atoms with Gasteiger partial charge in [0.05, 0.1) is 11.6 Å². The van der Waals surface area contributed by atoms with Gasteiger partial charge in [-0.25, -0.2) is 0 Å². The van der Waals surface area contributed by atoms with Gasteiger partial charge >= 0.3 is 6.18 Å². The van der Waals surface area contributed by atoms with Crippen LogP contribution in [0.25, 0.3) is 0 Å². The Hall–Kier alpha value is -1.18. The lowest BCUT2D eigenvalue weighted by molar-refractivity contribution is -0.154. The lowest BCUT2D eigenvalue weighted by atomic mass is 10.0. The van der Waals surface area contributed by atoms with Gasteiger partial charge in [-0.05, 0) is 19.9 Å². The van der Waals surface area contributed by atoms with Crippen molar-refractivity contribution in [3.8, 4) is 0 Å². The van der Waals surface area contributed by atoms with Gasteiger partial charge in [-0.2, -0.15) is 13.2 Å². The Labute approximate surface area is 109 Å². The molecule has 1 heterocycles. The van der Waals surface area contributed by atoms with Crippen LogP contribution in [-0.2, 0) is 15.7 Å². The molecular formula is C12H17F3N2O2. The fourth-order valence-electron chi connectivity index (χ4n) is 1.66. The molecule has 0 aliphatic heterocycles. The van der Waals surface area contributed by atoms with Gasteiger partial charge in [0.15, 0.2) is 6.29 Å². The number of aromatic nitrogens is 1. The minimum atomic E-state index is -4.49. The summed E-state index contributed by atoms with van der Waals surface area (Å²) in [5, 5.41) is 0. The summed E-state index contributed by atoms with van der Waals surface area (Å²) < 4.78 is 49.1. The molecule has 0 saturated heterocycles. The van der Waals surface area contributed by atoms with Crippen molar-refractivity contribution < 1.29 is 22.6 Å². The van der Waals surface area contributed by atoms with E-state index in [1.165, 1.54) is 0 Å². The van der Waals surface area contributed by atoms with Crippen molar-refractivity contribution in [2.75, 3.05) is 13.2 Å². The molecule has 7 heteroatoms. The monoisotopic (exact) mass is 278 g/mol. The maximum atomic E-state index is 12.9.